The standard InChI is InChI=1S/C25H37N5O2.HI/c1-26-25(27-16-24(29(2)3)20-9-7-6-8-10-20)28-21-11-12-30(18-21)17-19-13-22(31-4)15-23(14-19)32-5;/h6-10,13-15,21,24H,11-12,16-18H2,1-5H3,(H2,26,27,28);1H. The van der Waals surface area contributed by atoms with E-state index in [0.29, 0.717) is 6.04 Å². The Morgan fingerprint density at radius 2 is 1.79 bits per heavy atom. The van der Waals surface area contributed by atoms with E-state index < -0.39 is 0 Å². The van der Waals surface area contributed by atoms with Gasteiger partial charge in [0.2, 0.25) is 0 Å². The number of likely N-dealkylation sites (tertiary alicyclic amines) is 1. The van der Waals surface area contributed by atoms with Crippen LogP contribution in [0, 0.1) is 0 Å². The average molecular weight is 568 g/mol. The van der Waals surface area contributed by atoms with E-state index in [-0.39, 0.29) is 30.0 Å². The van der Waals surface area contributed by atoms with Gasteiger partial charge in [0.15, 0.2) is 5.96 Å². The molecule has 1 fully saturated rings. The summed E-state index contributed by atoms with van der Waals surface area (Å²) in [4.78, 5) is 9.14. The predicted octanol–water partition coefficient (Wildman–Crippen LogP) is 3.36. The van der Waals surface area contributed by atoms with Crippen molar-refractivity contribution in [3.05, 3.63) is 59.7 Å². The van der Waals surface area contributed by atoms with Gasteiger partial charge in [0.25, 0.3) is 0 Å². The van der Waals surface area contributed by atoms with Gasteiger partial charge in [-0.05, 0) is 43.8 Å². The summed E-state index contributed by atoms with van der Waals surface area (Å²) in [5, 5.41) is 7.12. The maximum Gasteiger partial charge on any atom is 0.191 e. The fourth-order valence-electron chi connectivity index (χ4n) is 4.17. The Balaban J connectivity index is 0.00000385. The summed E-state index contributed by atoms with van der Waals surface area (Å²) in [5.74, 6) is 2.50. The lowest BCUT2D eigenvalue weighted by Crippen LogP contribution is -2.46. The van der Waals surface area contributed by atoms with Crippen LogP contribution in [0.2, 0.25) is 0 Å². The maximum atomic E-state index is 5.41. The van der Waals surface area contributed by atoms with E-state index in [1.54, 1.807) is 14.2 Å². The first-order valence-corrected chi connectivity index (χ1v) is 11.1. The van der Waals surface area contributed by atoms with E-state index in [4.69, 9.17) is 9.47 Å². The summed E-state index contributed by atoms with van der Waals surface area (Å²) < 4.78 is 10.8. The SMILES string of the molecule is CN=C(NCC(c1ccccc1)N(C)C)NC1CCN(Cc2cc(OC)cc(OC)c2)C1.I. The summed E-state index contributed by atoms with van der Waals surface area (Å²) in [7, 11) is 9.42. The van der Waals surface area contributed by atoms with E-state index in [0.717, 1.165) is 50.1 Å². The zero-order valence-electron chi connectivity index (χ0n) is 20.4. The van der Waals surface area contributed by atoms with Crippen LogP contribution in [0.1, 0.15) is 23.6 Å². The number of likely N-dealkylation sites (N-methyl/N-ethyl adjacent to an activating group) is 1. The highest BCUT2D eigenvalue weighted by Gasteiger charge is 2.24. The van der Waals surface area contributed by atoms with Gasteiger partial charge in [-0.25, -0.2) is 0 Å². The smallest absolute Gasteiger partial charge is 0.191 e. The van der Waals surface area contributed by atoms with Crippen molar-refractivity contribution >= 4 is 29.9 Å². The molecule has 182 valence electrons. The van der Waals surface area contributed by atoms with Gasteiger partial charge >= 0.3 is 0 Å². The molecule has 0 saturated carbocycles. The Bertz CT molecular complexity index is 856. The summed E-state index contributed by atoms with van der Waals surface area (Å²) in [5.41, 5.74) is 2.49. The molecule has 8 heteroatoms. The van der Waals surface area contributed by atoms with Crippen molar-refractivity contribution in [3.8, 4) is 11.5 Å². The van der Waals surface area contributed by atoms with Crippen LogP contribution in [-0.2, 0) is 6.54 Å². The Kier molecular flexibility index (Phi) is 11.2. The Morgan fingerprint density at radius 1 is 1.12 bits per heavy atom. The molecule has 2 aromatic carbocycles. The molecule has 0 bridgehead atoms. The van der Waals surface area contributed by atoms with E-state index in [1.807, 2.05) is 13.1 Å². The molecule has 0 spiro atoms. The number of hydrogen-bond acceptors (Lipinski definition) is 5. The number of halogens is 1. The summed E-state index contributed by atoms with van der Waals surface area (Å²) in [6.07, 6.45) is 1.08. The van der Waals surface area contributed by atoms with Crippen molar-refractivity contribution in [1.82, 2.24) is 20.4 Å². The first-order chi connectivity index (χ1) is 15.5. The molecule has 2 unspecified atom stereocenters. The first-order valence-electron chi connectivity index (χ1n) is 11.1. The Morgan fingerprint density at radius 3 is 2.36 bits per heavy atom. The van der Waals surface area contributed by atoms with Crippen LogP contribution in [0.5, 0.6) is 11.5 Å². The summed E-state index contributed by atoms with van der Waals surface area (Å²) >= 11 is 0. The lowest BCUT2D eigenvalue weighted by Gasteiger charge is -2.26. The van der Waals surface area contributed by atoms with Gasteiger partial charge in [-0.1, -0.05) is 30.3 Å². The molecule has 33 heavy (non-hydrogen) atoms. The molecule has 1 heterocycles. The minimum absolute atomic E-state index is 0. The minimum atomic E-state index is 0. The average Bonchev–Trinajstić information content (AvgIpc) is 3.25. The molecule has 2 aromatic rings. The van der Waals surface area contributed by atoms with Gasteiger partial charge in [-0.3, -0.25) is 9.89 Å². The number of hydrogen-bond donors (Lipinski definition) is 2. The zero-order chi connectivity index (χ0) is 22.9. The van der Waals surface area contributed by atoms with Crippen molar-refractivity contribution in [2.24, 2.45) is 4.99 Å². The first kappa shape index (κ1) is 27.2. The number of guanidine groups is 1. The van der Waals surface area contributed by atoms with E-state index in [1.165, 1.54) is 11.1 Å². The van der Waals surface area contributed by atoms with Crippen molar-refractivity contribution in [1.29, 1.82) is 0 Å². The molecule has 2 N–H and O–H groups in total. The third kappa shape index (κ3) is 8.04. The van der Waals surface area contributed by atoms with Crippen molar-refractivity contribution < 1.29 is 9.47 Å². The van der Waals surface area contributed by atoms with Gasteiger partial charge < -0.3 is 25.0 Å². The number of aliphatic imine (C=N–C) groups is 1. The van der Waals surface area contributed by atoms with Gasteiger partial charge in [-0.2, -0.15) is 0 Å². The lowest BCUT2D eigenvalue weighted by atomic mass is 10.1. The topological polar surface area (TPSA) is 61.4 Å². The third-order valence-electron chi connectivity index (χ3n) is 5.92. The molecule has 0 aromatic heterocycles. The largest absolute Gasteiger partial charge is 0.497 e. The summed E-state index contributed by atoms with van der Waals surface area (Å²) in [6, 6.07) is 17.3. The molecule has 3 rings (SSSR count). The number of benzene rings is 2. The number of ether oxygens (including phenoxy) is 2. The highest BCUT2D eigenvalue weighted by Crippen LogP contribution is 2.24. The second-order valence-electron chi connectivity index (χ2n) is 8.43. The van der Waals surface area contributed by atoms with Crippen LogP contribution in [0.15, 0.2) is 53.5 Å². The molecule has 7 nitrogen and oxygen atoms in total. The quantitative estimate of drug-likeness (QED) is 0.276. The van der Waals surface area contributed by atoms with Gasteiger partial charge in [0.05, 0.1) is 20.3 Å². The van der Waals surface area contributed by atoms with E-state index in [9.17, 15) is 0 Å². The fraction of sp³-hybridized carbons (Fsp3) is 0.480. The highest BCUT2D eigenvalue weighted by molar-refractivity contribution is 14.0. The van der Waals surface area contributed by atoms with Crippen LogP contribution in [0.3, 0.4) is 0 Å². The monoisotopic (exact) mass is 567 g/mol. The number of rotatable bonds is 9. The molecule has 1 aliphatic rings. The van der Waals surface area contributed by atoms with Crippen LogP contribution in [0.4, 0.5) is 0 Å². The molecule has 0 amide bonds. The zero-order valence-corrected chi connectivity index (χ0v) is 22.7. The van der Waals surface area contributed by atoms with Gasteiger partial charge in [0, 0.05) is 45.3 Å². The van der Waals surface area contributed by atoms with Gasteiger partial charge in [-0.15, -0.1) is 24.0 Å². The minimum Gasteiger partial charge on any atom is -0.497 e. The lowest BCUT2D eigenvalue weighted by molar-refractivity contribution is 0.297. The highest BCUT2D eigenvalue weighted by atomic mass is 127. The Hall–Kier alpha value is -2.04. The summed E-state index contributed by atoms with van der Waals surface area (Å²) in [6.45, 7) is 3.67. The molecular weight excluding hydrogens is 529 g/mol. The third-order valence-corrected chi connectivity index (χ3v) is 5.92. The molecule has 0 radical (unpaired) electrons. The van der Waals surface area contributed by atoms with Crippen LogP contribution in [-0.4, -0.2) is 76.8 Å². The molecule has 1 aliphatic heterocycles. The number of nitrogens with one attached hydrogen (secondary N) is 2. The van der Waals surface area contributed by atoms with Crippen molar-refractivity contribution in [3.63, 3.8) is 0 Å². The van der Waals surface area contributed by atoms with Crippen molar-refractivity contribution in [2.75, 3.05) is 55.0 Å². The molecule has 2 atom stereocenters. The van der Waals surface area contributed by atoms with Crippen LogP contribution in [0.25, 0.3) is 0 Å². The normalized spacial score (nSPS) is 17.4. The maximum absolute atomic E-state index is 5.41. The van der Waals surface area contributed by atoms with E-state index in [2.05, 4.69) is 82.0 Å². The van der Waals surface area contributed by atoms with Crippen molar-refractivity contribution in [2.45, 2.75) is 25.0 Å². The molecular formula is C25H38IN5O2. The van der Waals surface area contributed by atoms with Crippen LogP contribution < -0.4 is 20.1 Å². The van der Waals surface area contributed by atoms with Crippen LogP contribution >= 0.6 is 24.0 Å². The molecule has 1 saturated heterocycles. The van der Waals surface area contributed by atoms with E-state index >= 15 is 0 Å². The Labute approximate surface area is 215 Å². The second-order valence-corrected chi connectivity index (χ2v) is 8.43. The second kappa shape index (κ2) is 13.6. The predicted molar refractivity (Wildman–Crippen MR) is 146 cm³/mol. The molecule has 0 aliphatic carbocycles. The number of methoxy groups -OCH3 is 2. The number of nitrogens with zero attached hydrogens (tertiary/aromatic N) is 3. The fourth-order valence-corrected chi connectivity index (χ4v) is 4.17. The van der Waals surface area contributed by atoms with Gasteiger partial charge in [0.1, 0.15) is 11.5 Å².